The molecule has 3 aliphatic heterocycles. The van der Waals surface area contributed by atoms with E-state index in [2.05, 4.69) is 20.2 Å². The molecule has 3 aliphatic rings. The fraction of sp³-hybridized carbons (Fsp3) is 0.692. The highest BCUT2D eigenvalue weighted by molar-refractivity contribution is 5.96. The van der Waals surface area contributed by atoms with Crippen molar-refractivity contribution < 1.29 is 9.53 Å². The Kier molecular flexibility index (Phi) is 3.62. The van der Waals surface area contributed by atoms with E-state index in [0.29, 0.717) is 24.0 Å². The van der Waals surface area contributed by atoms with Gasteiger partial charge in [-0.05, 0) is 0 Å². The largest absolute Gasteiger partial charge is 0.479 e. The number of nitrogens with one attached hydrogen (secondary N) is 1. The lowest BCUT2D eigenvalue weighted by molar-refractivity contribution is 0.0138. The van der Waals surface area contributed by atoms with Gasteiger partial charge in [0.2, 0.25) is 5.88 Å². The van der Waals surface area contributed by atoms with Crippen molar-refractivity contribution in [1.29, 1.82) is 0 Å². The lowest BCUT2D eigenvalue weighted by atomic mass is 10.1. The van der Waals surface area contributed by atoms with Crippen LogP contribution in [0.3, 0.4) is 0 Å². The SMILES string of the molecule is COc1nn(C)cc1C(=O)NCC1CN2CCN1CC2. The van der Waals surface area contributed by atoms with E-state index in [4.69, 9.17) is 4.74 Å². The number of ether oxygens (including phenoxy) is 1. The third kappa shape index (κ3) is 2.51. The first-order valence-electron chi connectivity index (χ1n) is 6.99. The number of methoxy groups -OCH3 is 1. The van der Waals surface area contributed by atoms with Gasteiger partial charge >= 0.3 is 0 Å². The van der Waals surface area contributed by atoms with Crippen molar-refractivity contribution in [3.63, 3.8) is 0 Å². The molecule has 7 heteroatoms. The van der Waals surface area contributed by atoms with Crippen LogP contribution < -0.4 is 10.1 Å². The second-order valence-corrected chi connectivity index (χ2v) is 5.43. The van der Waals surface area contributed by atoms with Crippen LogP contribution in [0.2, 0.25) is 0 Å². The smallest absolute Gasteiger partial charge is 0.258 e. The molecule has 0 radical (unpaired) electrons. The Bertz CT molecular complexity index is 493. The average Bonchev–Trinajstić information content (AvgIpc) is 2.87. The van der Waals surface area contributed by atoms with E-state index in [1.807, 2.05) is 0 Å². The molecule has 1 N–H and O–H groups in total. The van der Waals surface area contributed by atoms with E-state index < -0.39 is 0 Å². The maximum Gasteiger partial charge on any atom is 0.258 e. The molecule has 2 bridgehead atoms. The summed E-state index contributed by atoms with van der Waals surface area (Å²) >= 11 is 0. The molecule has 0 saturated carbocycles. The van der Waals surface area contributed by atoms with E-state index in [1.165, 1.54) is 7.11 Å². The third-order valence-corrected chi connectivity index (χ3v) is 4.12. The highest BCUT2D eigenvalue weighted by Gasteiger charge is 2.32. The van der Waals surface area contributed by atoms with Gasteiger partial charge in [0.15, 0.2) is 0 Å². The van der Waals surface area contributed by atoms with Gasteiger partial charge < -0.3 is 10.1 Å². The summed E-state index contributed by atoms with van der Waals surface area (Å²) in [5, 5.41) is 7.10. The molecule has 3 fully saturated rings. The molecular formula is C13H21N5O2. The van der Waals surface area contributed by atoms with Crippen molar-refractivity contribution in [2.75, 3.05) is 46.4 Å². The Morgan fingerprint density at radius 1 is 1.45 bits per heavy atom. The van der Waals surface area contributed by atoms with Gasteiger partial charge in [0.25, 0.3) is 5.91 Å². The molecule has 4 rings (SSSR count). The number of nitrogens with zero attached hydrogens (tertiary/aromatic N) is 4. The second-order valence-electron chi connectivity index (χ2n) is 5.43. The normalized spacial score (nSPS) is 28.4. The fourth-order valence-corrected chi connectivity index (χ4v) is 3.00. The fourth-order valence-electron chi connectivity index (χ4n) is 3.00. The van der Waals surface area contributed by atoms with Gasteiger partial charge in [0.1, 0.15) is 5.56 Å². The summed E-state index contributed by atoms with van der Waals surface area (Å²) < 4.78 is 6.71. The number of hydrogen-bond acceptors (Lipinski definition) is 5. The molecule has 1 aromatic heterocycles. The number of aromatic nitrogens is 2. The second kappa shape index (κ2) is 5.41. The Morgan fingerprint density at radius 3 is 2.80 bits per heavy atom. The van der Waals surface area contributed by atoms with Crippen molar-refractivity contribution in [1.82, 2.24) is 24.9 Å². The average molecular weight is 279 g/mol. The molecule has 0 aromatic carbocycles. The topological polar surface area (TPSA) is 62.6 Å². The van der Waals surface area contributed by atoms with Crippen LogP contribution in [-0.4, -0.2) is 77.9 Å². The zero-order chi connectivity index (χ0) is 14.1. The summed E-state index contributed by atoms with van der Waals surface area (Å²) in [6.45, 7) is 6.24. The zero-order valence-corrected chi connectivity index (χ0v) is 12.0. The number of carbonyl (C=O) groups excluding carboxylic acids is 1. The number of hydrogen-bond donors (Lipinski definition) is 1. The summed E-state index contributed by atoms with van der Waals surface area (Å²) in [6.07, 6.45) is 1.69. The van der Waals surface area contributed by atoms with Gasteiger partial charge in [-0.25, -0.2) is 0 Å². The summed E-state index contributed by atoms with van der Waals surface area (Å²) in [4.78, 5) is 17.1. The Hall–Kier alpha value is -1.60. The molecule has 1 unspecified atom stereocenters. The number of fused-ring (bicyclic) bond motifs is 3. The minimum absolute atomic E-state index is 0.118. The molecule has 3 saturated heterocycles. The van der Waals surface area contributed by atoms with Crippen molar-refractivity contribution >= 4 is 5.91 Å². The molecule has 4 heterocycles. The monoisotopic (exact) mass is 279 g/mol. The summed E-state index contributed by atoms with van der Waals surface area (Å²) in [6, 6.07) is 0.420. The van der Waals surface area contributed by atoms with E-state index in [0.717, 1.165) is 32.7 Å². The van der Waals surface area contributed by atoms with Gasteiger partial charge in [0.05, 0.1) is 7.11 Å². The van der Waals surface area contributed by atoms with Crippen LogP contribution in [0.5, 0.6) is 5.88 Å². The highest BCUT2D eigenvalue weighted by Crippen LogP contribution is 2.16. The first-order valence-corrected chi connectivity index (χ1v) is 6.99. The molecule has 1 amide bonds. The number of carbonyl (C=O) groups is 1. The van der Waals surface area contributed by atoms with Gasteiger partial charge in [-0.15, -0.1) is 5.10 Å². The third-order valence-electron chi connectivity index (χ3n) is 4.12. The maximum absolute atomic E-state index is 12.2. The van der Waals surface area contributed by atoms with Crippen LogP contribution in [0.1, 0.15) is 10.4 Å². The summed E-state index contributed by atoms with van der Waals surface area (Å²) in [7, 11) is 3.30. The lowest BCUT2D eigenvalue weighted by Crippen LogP contribution is -2.63. The van der Waals surface area contributed by atoms with E-state index in [-0.39, 0.29) is 5.91 Å². The van der Waals surface area contributed by atoms with Crippen molar-refractivity contribution in [3.05, 3.63) is 11.8 Å². The molecular weight excluding hydrogens is 258 g/mol. The lowest BCUT2D eigenvalue weighted by Gasteiger charge is -2.47. The van der Waals surface area contributed by atoms with Gasteiger partial charge in [0, 0.05) is 58.6 Å². The van der Waals surface area contributed by atoms with Crippen molar-refractivity contribution in [2.45, 2.75) is 6.04 Å². The minimum atomic E-state index is -0.118. The Balaban J connectivity index is 1.59. The summed E-state index contributed by atoms with van der Waals surface area (Å²) in [5.74, 6) is 0.256. The van der Waals surface area contributed by atoms with Crippen LogP contribution in [-0.2, 0) is 7.05 Å². The molecule has 7 nitrogen and oxygen atoms in total. The number of amides is 1. The van der Waals surface area contributed by atoms with Crippen LogP contribution in [0.15, 0.2) is 6.20 Å². The molecule has 1 aromatic rings. The Morgan fingerprint density at radius 2 is 2.20 bits per heavy atom. The van der Waals surface area contributed by atoms with E-state index in [9.17, 15) is 4.79 Å². The number of rotatable bonds is 4. The number of piperazine rings is 3. The van der Waals surface area contributed by atoms with E-state index in [1.54, 1.807) is 17.9 Å². The van der Waals surface area contributed by atoms with Crippen molar-refractivity contribution in [3.8, 4) is 5.88 Å². The predicted molar refractivity (Wildman–Crippen MR) is 73.9 cm³/mol. The van der Waals surface area contributed by atoms with E-state index >= 15 is 0 Å². The number of aryl methyl sites for hydroxylation is 1. The van der Waals surface area contributed by atoms with Crippen LogP contribution in [0.4, 0.5) is 0 Å². The summed E-state index contributed by atoms with van der Waals surface area (Å²) in [5.41, 5.74) is 0.492. The minimum Gasteiger partial charge on any atom is -0.479 e. The standard InChI is InChI=1S/C13H21N5O2/c1-16-9-11(13(15-16)20-2)12(19)14-7-10-8-17-3-5-18(10)6-4-17/h9-10H,3-8H2,1-2H3,(H,14,19). The quantitative estimate of drug-likeness (QED) is 0.778. The molecule has 1 atom stereocenters. The Labute approximate surface area is 118 Å². The molecule has 0 aliphatic carbocycles. The predicted octanol–water partition coefficient (Wildman–Crippen LogP) is -0.842. The molecule has 110 valence electrons. The van der Waals surface area contributed by atoms with Gasteiger partial charge in [-0.1, -0.05) is 0 Å². The maximum atomic E-state index is 12.2. The zero-order valence-electron chi connectivity index (χ0n) is 12.0. The van der Waals surface area contributed by atoms with Crippen LogP contribution in [0.25, 0.3) is 0 Å². The van der Waals surface area contributed by atoms with Crippen LogP contribution in [0, 0.1) is 0 Å². The van der Waals surface area contributed by atoms with Gasteiger partial charge in [-0.3, -0.25) is 19.3 Å². The van der Waals surface area contributed by atoms with Crippen LogP contribution >= 0.6 is 0 Å². The first-order chi connectivity index (χ1) is 9.67. The van der Waals surface area contributed by atoms with Gasteiger partial charge in [-0.2, -0.15) is 0 Å². The molecule has 20 heavy (non-hydrogen) atoms. The first kappa shape index (κ1) is 13.4. The van der Waals surface area contributed by atoms with Crippen molar-refractivity contribution in [2.24, 2.45) is 7.05 Å². The molecule has 0 spiro atoms. The highest BCUT2D eigenvalue weighted by atomic mass is 16.5.